The van der Waals surface area contributed by atoms with Crippen molar-refractivity contribution in [3.8, 4) is 6.07 Å². The molecule has 0 fully saturated rings. The number of fused-ring (bicyclic) bond motifs is 2. The van der Waals surface area contributed by atoms with E-state index in [1.807, 2.05) is 13.0 Å². The first-order valence-corrected chi connectivity index (χ1v) is 9.85. The van der Waals surface area contributed by atoms with Gasteiger partial charge in [-0.2, -0.15) is 31.6 Å². The van der Waals surface area contributed by atoms with Crippen molar-refractivity contribution in [2.24, 2.45) is 0 Å². The summed E-state index contributed by atoms with van der Waals surface area (Å²) in [6.45, 7) is 1.81. The Balaban J connectivity index is 0.000000176. The van der Waals surface area contributed by atoms with Crippen LogP contribution in [0.25, 0.3) is 21.9 Å². The van der Waals surface area contributed by atoms with Gasteiger partial charge in [-0.15, -0.1) is 0 Å². The zero-order chi connectivity index (χ0) is 23.1. The monoisotopic (exact) mass is 567 g/mol. The highest BCUT2D eigenvalue weighted by molar-refractivity contribution is 9.11. The summed E-state index contributed by atoms with van der Waals surface area (Å²) in [6.07, 6.45) is -8.96. The second-order valence-electron chi connectivity index (χ2n) is 6.37. The maximum absolute atomic E-state index is 12.4. The predicted molar refractivity (Wildman–Crippen MR) is 107 cm³/mol. The Kier molecular flexibility index (Phi) is 6.17. The van der Waals surface area contributed by atoms with Gasteiger partial charge in [0.25, 0.3) is 0 Å². The molecule has 2 heterocycles. The van der Waals surface area contributed by atoms with Gasteiger partial charge in [0.1, 0.15) is 11.2 Å². The normalized spacial score (nSPS) is 12.0. The number of aryl methyl sites for hydroxylation is 1. The fraction of sp³-hybridized carbons (Fsp3) is 0.150. The second kappa shape index (κ2) is 8.24. The van der Waals surface area contributed by atoms with Crippen LogP contribution >= 0.6 is 31.9 Å². The van der Waals surface area contributed by atoms with E-state index in [0.29, 0.717) is 14.3 Å². The standard InChI is InChI=1S/C10H3BrF3NO.C10H6BrF3O/c11-7-2-5(4-15)1-6-3-8(10(12,13)14)16-9(6)7;1-5-2-6-4-8(10(12,13)14)15-9(6)7(11)3-5/h1-3H;2-4H,1H3. The molecular weight excluding hydrogens is 560 g/mol. The third-order valence-electron chi connectivity index (χ3n) is 3.97. The van der Waals surface area contributed by atoms with E-state index in [2.05, 4.69) is 36.3 Å². The number of hydrogen-bond donors (Lipinski definition) is 0. The van der Waals surface area contributed by atoms with E-state index in [1.54, 1.807) is 12.1 Å². The smallest absolute Gasteiger partial charge is 0.449 e. The lowest BCUT2D eigenvalue weighted by molar-refractivity contribution is -0.152. The van der Waals surface area contributed by atoms with Crippen LogP contribution in [0.4, 0.5) is 26.3 Å². The fourth-order valence-corrected chi connectivity index (χ4v) is 3.93. The highest BCUT2D eigenvalue weighted by atomic mass is 79.9. The van der Waals surface area contributed by atoms with Gasteiger partial charge in [0.2, 0.25) is 11.5 Å². The molecule has 4 rings (SSSR count). The number of furan rings is 2. The molecule has 0 aliphatic heterocycles. The fourth-order valence-electron chi connectivity index (χ4n) is 2.71. The molecule has 11 heteroatoms. The number of hydrogen-bond acceptors (Lipinski definition) is 3. The number of nitrogens with zero attached hydrogens (tertiary/aromatic N) is 1. The van der Waals surface area contributed by atoms with Gasteiger partial charge in [0.15, 0.2) is 0 Å². The van der Waals surface area contributed by atoms with Gasteiger partial charge in [-0.25, -0.2) is 0 Å². The van der Waals surface area contributed by atoms with Crippen molar-refractivity contribution in [2.45, 2.75) is 19.3 Å². The minimum absolute atomic E-state index is 0.0892. The van der Waals surface area contributed by atoms with E-state index in [0.717, 1.165) is 17.7 Å². The van der Waals surface area contributed by atoms with Crippen LogP contribution in [0, 0.1) is 18.3 Å². The molecule has 0 saturated heterocycles. The Labute approximate surface area is 187 Å². The molecule has 0 aliphatic carbocycles. The molecule has 0 unspecified atom stereocenters. The molecule has 3 nitrogen and oxygen atoms in total. The first kappa shape index (κ1) is 23.2. The first-order chi connectivity index (χ1) is 14.3. The van der Waals surface area contributed by atoms with Crippen LogP contribution in [0.2, 0.25) is 0 Å². The van der Waals surface area contributed by atoms with Crippen molar-refractivity contribution in [1.82, 2.24) is 0 Å². The Morgan fingerprint density at radius 2 is 1.19 bits per heavy atom. The molecule has 2 aromatic carbocycles. The third-order valence-corrected chi connectivity index (χ3v) is 5.15. The summed E-state index contributed by atoms with van der Waals surface area (Å²) in [7, 11) is 0. The van der Waals surface area contributed by atoms with E-state index in [9.17, 15) is 26.3 Å². The lowest BCUT2D eigenvalue weighted by atomic mass is 10.2. The number of alkyl halides is 6. The summed E-state index contributed by atoms with van der Waals surface area (Å²) in [5.74, 6) is -2.04. The maximum atomic E-state index is 12.4. The molecule has 0 saturated carbocycles. The molecule has 4 aromatic rings. The predicted octanol–water partition coefficient (Wildman–Crippen LogP) is 8.61. The molecule has 0 amide bonds. The quantitative estimate of drug-likeness (QED) is 0.200. The van der Waals surface area contributed by atoms with Crippen LogP contribution in [0.15, 0.2) is 54.2 Å². The van der Waals surface area contributed by atoms with Crippen LogP contribution in [-0.2, 0) is 12.4 Å². The van der Waals surface area contributed by atoms with Gasteiger partial charge in [-0.3, -0.25) is 0 Å². The molecule has 0 atom stereocenters. The molecule has 0 spiro atoms. The van der Waals surface area contributed by atoms with Gasteiger partial charge < -0.3 is 8.83 Å². The highest BCUT2D eigenvalue weighted by Gasteiger charge is 2.36. The van der Waals surface area contributed by atoms with Crippen molar-refractivity contribution in [2.75, 3.05) is 0 Å². The van der Waals surface area contributed by atoms with E-state index < -0.39 is 23.9 Å². The highest BCUT2D eigenvalue weighted by Crippen LogP contribution is 2.37. The van der Waals surface area contributed by atoms with Crippen LogP contribution < -0.4 is 0 Å². The summed E-state index contributed by atoms with van der Waals surface area (Å²) >= 11 is 6.22. The number of rotatable bonds is 0. The van der Waals surface area contributed by atoms with Gasteiger partial charge in [0.05, 0.1) is 20.6 Å². The van der Waals surface area contributed by atoms with Gasteiger partial charge in [-0.05, 0) is 80.7 Å². The van der Waals surface area contributed by atoms with Crippen LogP contribution in [0.5, 0.6) is 0 Å². The Bertz CT molecular complexity index is 1310. The van der Waals surface area contributed by atoms with Gasteiger partial charge in [0, 0.05) is 10.8 Å². The molecule has 0 N–H and O–H groups in total. The molecule has 0 aliphatic rings. The van der Waals surface area contributed by atoms with Crippen molar-refractivity contribution in [3.63, 3.8) is 0 Å². The first-order valence-electron chi connectivity index (χ1n) is 8.27. The molecule has 0 bridgehead atoms. The maximum Gasteiger partial charge on any atom is 0.449 e. The van der Waals surface area contributed by atoms with E-state index in [4.69, 9.17) is 9.68 Å². The Morgan fingerprint density at radius 1 is 0.742 bits per heavy atom. The Morgan fingerprint density at radius 3 is 1.65 bits per heavy atom. The molecular formula is C20H9Br2F6NO2. The summed E-state index contributed by atoms with van der Waals surface area (Å²) in [5.41, 5.74) is 1.47. The van der Waals surface area contributed by atoms with E-state index in [1.165, 1.54) is 12.1 Å². The summed E-state index contributed by atoms with van der Waals surface area (Å²) in [6, 6.07) is 9.86. The van der Waals surface area contributed by atoms with Gasteiger partial charge >= 0.3 is 12.4 Å². The molecule has 162 valence electrons. The van der Waals surface area contributed by atoms with Crippen molar-refractivity contribution in [1.29, 1.82) is 5.26 Å². The summed E-state index contributed by atoms with van der Waals surface area (Å²) in [4.78, 5) is 0. The number of benzene rings is 2. The summed E-state index contributed by atoms with van der Waals surface area (Å²) in [5, 5.41) is 9.37. The summed E-state index contributed by atoms with van der Waals surface area (Å²) < 4.78 is 84.4. The van der Waals surface area contributed by atoms with Crippen molar-refractivity contribution < 1.29 is 35.2 Å². The SMILES string of the molecule is Cc1cc(Br)c2oc(C(F)(F)F)cc2c1.N#Cc1cc(Br)c2oc(C(F)(F)F)cc2c1. The molecule has 31 heavy (non-hydrogen) atoms. The largest absolute Gasteiger partial charge is 0.450 e. The second-order valence-corrected chi connectivity index (χ2v) is 8.08. The number of halogens is 8. The minimum atomic E-state index is -4.52. The topological polar surface area (TPSA) is 50.1 Å². The Hall–Kier alpha value is -2.45. The van der Waals surface area contributed by atoms with Crippen LogP contribution in [0.1, 0.15) is 22.6 Å². The average molecular weight is 569 g/mol. The number of nitriles is 1. The zero-order valence-corrected chi connectivity index (χ0v) is 18.4. The minimum Gasteiger partial charge on any atom is -0.450 e. The zero-order valence-electron chi connectivity index (χ0n) is 15.3. The lowest BCUT2D eigenvalue weighted by Gasteiger charge is -1.99. The van der Waals surface area contributed by atoms with Crippen molar-refractivity contribution >= 4 is 53.8 Å². The average Bonchev–Trinajstić information content (AvgIpc) is 3.26. The van der Waals surface area contributed by atoms with Gasteiger partial charge in [-0.1, -0.05) is 0 Å². The van der Waals surface area contributed by atoms with Crippen LogP contribution in [-0.4, -0.2) is 0 Å². The molecule has 0 radical (unpaired) electrons. The van der Waals surface area contributed by atoms with E-state index in [-0.39, 0.29) is 22.1 Å². The van der Waals surface area contributed by atoms with E-state index >= 15 is 0 Å². The van der Waals surface area contributed by atoms with Crippen molar-refractivity contribution in [3.05, 3.63) is 68.0 Å². The molecule has 2 aromatic heterocycles. The van der Waals surface area contributed by atoms with Crippen LogP contribution in [0.3, 0.4) is 0 Å². The lowest BCUT2D eigenvalue weighted by Crippen LogP contribution is -2.01. The third kappa shape index (κ3) is 5.07.